The van der Waals surface area contributed by atoms with Crippen LogP contribution in [0.25, 0.3) is 0 Å². The minimum absolute atomic E-state index is 0.216. The van der Waals surface area contributed by atoms with E-state index < -0.39 is 4.75 Å². The van der Waals surface area contributed by atoms with Gasteiger partial charge >= 0.3 is 5.97 Å². The highest BCUT2D eigenvalue weighted by molar-refractivity contribution is 8.01. The number of carbonyl (C=O) groups excluding carboxylic acids is 1. The van der Waals surface area contributed by atoms with Crippen molar-refractivity contribution in [1.29, 1.82) is 0 Å². The molecule has 0 aliphatic heterocycles. The van der Waals surface area contributed by atoms with Gasteiger partial charge in [-0.2, -0.15) is 0 Å². The summed E-state index contributed by atoms with van der Waals surface area (Å²) >= 11 is 7.31. The van der Waals surface area contributed by atoms with Crippen LogP contribution in [0, 0.1) is 0 Å². The number of thioether (sulfide) groups is 1. The molecule has 5 heteroatoms. The van der Waals surface area contributed by atoms with Gasteiger partial charge in [0.15, 0.2) is 0 Å². The molecule has 3 nitrogen and oxygen atoms in total. The Morgan fingerprint density at radius 2 is 1.57 bits per heavy atom. The van der Waals surface area contributed by atoms with E-state index in [9.17, 15) is 4.79 Å². The molecule has 0 amide bonds. The van der Waals surface area contributed by atoms with E-state index in [0.29, 0.717) is 11.6 Å². The number of ether oxygens (including phenoxy) is 2. The zero-order chi connectivity index (χ0) is 16.9. The van der Waals surface area contributed by atoms with Gasteiger partial charge < -0.3 is 9.47 Å². The molecular formula is C18H19ClO3S. The minimum Gasteiger partial charge on any atom is -0.465 e. The van der Waals surface area contributed by atoms with Crippen molar-refractivity contribution in [1.82, 2.24) is 0 Å². The summed E-state index contributed by atoms with van der Waals surface area (Å²) in [5, 5.41) is 0.672. The van der Waals surface area contributed by atoms with Gasteiger partial charge in [-0.3, -0.25) is 4.79 Å². The van der Waals surface area contributed by atoms with Crippen LogP contribution in [0.4, 0.5) is 0 Å². The molecule has 0 spiro atoms. The van der Waals surface area contributed by atoms with Crippen molar-refractivity contribution in [2.75, 3.05) is 6.61 Å². The van der Waals surface area contributed by atoms with Gasteiger partial charge in [-0.15, -0.1) is 11.8 Å². The van der Waals surface area contributed by atoms with Crippen molar-refractivity contribution < 1.29 is 14.3 Å². The smallest absolute Gasteiger partial charge is 0.321 e. The van der Waals surface area contributed by atoms with Crippen molar-refractivity contribution in [2.45, 2.75) is 30.4 Å². The monoisotopic (exact) mass is 350 g/mol. The normalized spacial score (nSPS) is 11.1. The van der Waals surface area contributed by atoms with E-state index in [4.69, 9.17) is 21.1 Å². The Labute approximate surface area is 145 Å². The molecule has 0 radical (unpaired) electrons. The number of esters is 1. The molecule has 122 valence electrons. The van der Waals surface area contributed by atoms with Gasteiger partial charge in [-0.1, -0.05) is 11.6 Å². The van der Waals surface area contributed by atoms with Crippen molar-refractivity contribution >= 4 is 29.3 Å². The summed E-state index contributed by atoms with van der Waals surface area (Å²) in [5.74, 6) is 1.23. The number of hydrogen-bond donors (Lipinski definition) is 0. The lowest BCUT2D eigenvalue weighted by atomic mass is 10.2. The van der Waals surface area contributed by atoms with E-state index in [2.05, 4.69) is 0 Å². The first kappa shape index (κ1) is 17.7. The average Bonchev–Trinajstić information content (AvgIpc) is 2.51. The topological polar surface area (TPSA) is 35.5 Å². The van der Waals surface area contributed by atoms with Gasteiger partial charge in [-0.05, 0) is 69.3 Å². The summed E-state index contributed by atoms with van der Waals surface area (Å²) in [6.07, 6.45) is 0. The van der Waals surface area contributed by atoms with Crippen LogP contribution >= 0.6 is 23.4 Å². The highest BCUT2D eigenvalue weighted by atomic mass is 35.5. The molecule has 2 rings (SSSR count). The summed E-state index contributed by atoms with van der Waals surface area (Å²) < 4.78 is 10.2. The van der Waals surface area contributed by atoms with Crippen molar-refractivity contribution in [3.05, 3.63) is 53.6 Å². The van der Waals surface area contributed by atoms with E-state index in [0.717, 1.165) is 16.4 Å². The maximum Gasteiger partial charge on any atom is 0.321 e. The lowest BCUT2D eigenvalue weighted by Crippen LogP contribution is -2.29. The van der Waals surface area contributed by atoms with Gasteiger partial charge in [0.25, 0.3) is 0 Å². The second-order valence-corrected chi connectivity index (χ2v) is 7.49. The molecule has 0 aliphatic rings. The lowest BCUT2D eigenvalue weighted by Gasteiger charge is -2.21. The van der Waals surface area contributed by atoms with E-state index >= 15 is 0 Å². The van der Waals surface area contributed by atoms with Gasteiger partial charge in [0.2, 0.25) is 0 Å². The molecule has 0 saturated heterocycles. The quantitative estimate of drug-likeness (QED) is 0.504. The Bertz CT molecular complexity index is 651. The van der Waals surface area contributed by atoms with Crippen molar-refractivity contribution in [3.8, 4) is 11.5 Å². The minimum atomic E-state index is -0.630. The second-order valence-electron chi connectivity index (χ2n) is 5.36. The Hall–Kier alpha value is -1.65. The summed E-state index contributed by atoms with van der Waals surface area (Å²) in [4.78, 5) is 12.9. The van der Waals surface area contributed by atoms with Gasteiger partial charge in [0, 0.05) is 9.92 Å². The van der Waals surface area contributed by atoms with E-state index in [1.807, 2.05) is 57.2 Å². The Morgan fingerprint density at radius 3 is 2.09 bits per heavy atom. The summed E-state index contributed by atoms with van der Waals surface area (Å²) in [6.45, 7) is 5.90. The van der Waals surface area contributed by atoms with Gasteiger partial charge in [0.05, 0.1) is 6.61 Å². The standard InChI is InChI=1S/C18H19ClO3S/c1-4-21-17(20)18(2,3)23-16-11-9-15(10-12-16)22-14-7-5-13(19)6-8-14/h5-12H,4H2,1-3H3. The molecule has 0 unspecified atom stereocenters. The first-order valence-corrected chi connectivity index (χ1v) is 8.50. The number of benzene rings is 2. The van der Waals surface area contributed by atoms with Crippen molar-refractivity contribution in [2.24, 2.45) is 0 Å². The average molecular weight is 351 g/mol. The predicted molar refractivity (Wildman–Crippen MR) is 94.5 cm³/mol. The van der Waals surface area contributed by atoms with Gasteiger partial charge in [-0.25, -0.2) is 0 Å². The molecule has 0 heterocycles. The van der Waals surface area contributed by atoms with Crippen LogP contribution < -0.4 is 4.74 Å². The first-order valence-electron chi connectivity index (χ1n) is 7.30. The number of carbonyl (C=O) groups is 1. The Morgan fingerprint density at radius 1 is 1.04 bits per heavy atom. The van der Waals surface area contributed by atoms with E-state index in [1.165, 1.54) is 11.8 Å². The fourth-order valence-corrected chi connectivity index (χ4v) is 2.99. The molecule has 0 aliphatic carbocycles. The number of rotatable bonds is 6. The SMILES string of the molecule is CCOC(=O)C(C)(C)Sc1ccc(Oc2ccc(Cl)cc2)cc1. The third-order valence-electron chi connectivity index (χ3n) is 3.01. The zero-order valence-corrected chi connectivity index (χ0v) is 14.9. The molecule has 0 bridgehead atoms. The van der Waals surface area contributed by atoms with Crippen LogP contribution in [0.1, 0.15) is 20.8 Å². The number of hydrogen-bond acceptors (Lipinski definition) is 4. The van der Waals surface area contributed by atoms with Gasteiger partial charge in [0.1, 0.15) is 16.2 Å². The molecule has 0 fully saturated rings. The van der Waals surface area contributed by atoms with Crippen molar-refractivity contribution in [3.63, 3.8) is 0 Å². The third kappa shape index (κ3) is 5.19. The zero-order valence-electron chi connectivity index (χ0n) is 13.3. The number of halogens is 1. The third-order valence-corrected chi connectivity index (χ3v) is 4.45. The van der Waals surface area contributed by atoms with E-state index in [1.54, 1.807) is 12.1 Å². The molecule has 2 aromatic carbocycles. The Kier molecular flexibility index (Phi) is 5.97. The summed E-state index contributed by atoms with van der Waals surface area (Å²) in [5.41, 5.74) is 0. The molecule has 0 aromatic heterocycles. The maximum atomic E-state index is 11.9. The van der Waals surface area contributed by atoms with Crippen LogP contribution in [-0.4, -0.2) is 17.3 Å². The van der Waals surface area contributed by atoms with Crippen LogP contribution in [0.2, 0.25) is 5.02 Å². The lowest BCUT2D eigenvalue weighted by molar-refractivity contribution is -0.145. The predicted octanol–water partition coefficient (Wildman–Crippen LogP) is 5.57. The van der Waals surface area contributed by atoms with Crippen LogP contribution in [0.15, 0.2) is 53.4 Å². The highest BCUT2D eigenvalue weighted by Crippen LogP contribution is 2.35. The first-order chi connectivity index (χ1) is 10.9. The molecule has 2 aromatic rings. The molecule has 0 N–H and O–H groups in total. The fourth-order valence-electron chi connectivity index (χ4n) is 1.86. The molecule has 0 saturated carbocycles. The Balaban J connectivity index is 2.01. The molecular weight excluding hydrogens is 332 g/mol. The van der Waals surface area contributed by atoms with E-state index in [-0.39, 0.29) is 5.97 Å². The largest absolute Gasteiger partial charge is 0.465 e. The summed E-state index contributed by atoms with van der Waals surface area (Å²) in [7, 11) is 0. The summed E-state index contributed by atoms with van der Waals surface area (Å²) in [6, 6.07) is 14.8. The fraction of sp³-hybridized carbons (Fsp3) is 0.278. The maximum absolute atomic E-state index is 11.9. The van der Waals surface area contributed by atoms with Crippen LogP contribution in [0.5, 0.6) is 11.5 Å². The van der Waals surface area contributed by atoms with Crippen LogP contribution in [0.3, 0.4) is 0 Å². The van der Waals surface area contributed by atoms with Crippen LogP contribution in [-0.2, 0) is 9.53 Å². The molecule has 0 atom stereocenters. The molecule has 23 heavy (non-hydrogen) atoms. The second kappa shape index (κ2) is 7.75. The highest BCUT2D eigenvalue weighted by Gasteiger charge is 2.30.